The van der Waals surface area contributed by atoms with E-state index in [-0.39, 0.29) is 5.75 Å². The standard InChI is InChI=1S/C22H29NO2/c1-2-3-4-5-6-7-9-12-18-15-16-21(24)20(17-18)22(23-25)19-13-10-8-11-14-19/h8,10-11,13-17,24-25H,2-7,9,12H2,1H3. The Hall–Kier alpha value is -2.29. The lowest BCUT2D eigenvalue weighted by atomic mass is 9.97. The molecule has 0 saturated carbocycles. The van der Waals surface area contributed by atoms with Crippen LogP contribution in [-0.4, -0.2) is 16.0 Å². The van der Waals surface area contributed by atoms with Crippen LogP contribution in [0.5, 0.6) is 5.75 Å². The number of phenols is 1. The highest BCUT2D eigenvalue weighted by Gasteiger charge is 2.13. The molecule has 0 atom stereocenters. The molecule has 0 unspecified atom stereocenters. The Morgan fingerprint density at radius 3 is 2.24 bits per heavy atom. The van der Waals surface area contributed by atoms with Crippen molar-refractivity contribution in [1.82, 2.24) is 0 Å². The molecule has 0 radical (unpaired) electrons. The van der Waals surface area contributed by atoms with Gasteiger partial charge in [0.25, 0.3) is 0 Å². The van der Waals surface area contributed by atoms with Gasteiger partial charge in [-0.05, 0) is 30.5 Å². The van der Waals surface area contributed by atoms with Crippen molar-refractivity contribution in [2.24, 2.45) is 5.16 Å². The largest absolute Gasteiger partial charge is 0.507 e. The molecule has 0 aliphatic heterocycles. The minimum absolute atomic E-state index is 0.139. The van der Waals surface area contributed by atoms with Gasteiger partial charge in [0.1, 0.15) is 11.5 Å². The Labute approximate surface area is 151 Å². The molecule has 3 heteroatoms. The Morgan fingerprint density at radius 1 is 0.880 bits per heavy atom. The van der Waals surface area contributed by atoms with Crippen LogP contribution in [0.25, 0.3) is 0 Å². The number of oxime groups is 1. The predicted molar refractivity (Wildman–Crippen MR) is 104 cm³/mol. The van der Waals surface area contributed by atoms with E-state index in [0.29, 0.717) is 11.3 Å². The van der Waals surface area contributed by atoms with E-state index in [4.69, 9.17) is 0 Å². The fourth-order valence-electron chi connectivity index (χ4n) is 3.08. The van der Waals surface area contributed by atoms with Crippen molar-refractivity contribution in [1.29, 1.82) is 0 Å². The molecule has 0 aromatic heterocycles. The number of rotatable bonds is 10. The summed E-state index contributed by atoms with van der Waals surface area (Å²) in [6, 6.07) is 15.0. The van der Waals surface area contributed by atoms with E-state index in [1.54, 1.807) is 6.07 Å². The van der Waals surface area contributed by atoms with Crippen LogP contribution >= 0.6 is 0 Å². The summed E-state index contributed by atoms with van der Waals surface area (Å²) in [6.07, 6.45) is 9.94. The van der Waals surface area contributed by atoms with E-state index in [2.05, 4.69) is 12.1 Å². The van der Waals surface area contributed by atoms with Gasteiger partial charge in [-0.3, -0.25) is 0 Å². The molecule has 0 saturated heterocycles. The maximum absolute atomic E-state index is 10.2. The summed E-state index contributed by atoms with van der Waals surface area (Å²) < 4.78 is 0. The number of unbranched alkanes of at least 4 members (excludes halogenated alkanes) is 6. The third kappa shape index (κ3) is 5.93. The van der Waals surface area contributed by atoms with Crippen LogP contribution in [0.4, 0.5) is 0 Å². The Bertz CT molecular complexity index is 665. The number of benzene rings is 2. The van der Waals surface area contributed by atoms with Crippen molar-refractivity contribution in [2.75, 3.05) is 0 Å². The molecular weight excluding hydrogens is 310 g/mol. The minimum atomic E-state index is 0.139. The molecule has 2 aromatic rings. The lowest BCUT2D eigenvalue weighted by Gasteiger charge is -2.10. The molecule has 0 fully saturated rings. The first-order chi connectivity index (χ1) is 12.3. The van der Waals surface area contributed by atoms with E-state index in [1.165, 1.54) is 44.1 Å². The van der Waals surface area contributed by atoms with Crippen molar-refractivity contribution < 1.29 is 10.3 Å². The zero-order chi connectivity index (χ0) is 17.9. The first-order valence-corrected chi connectivity index (χ1v) is 9.36. The van der Waals surface area contributed by atoms with Crippen molar-refractivity contribution in [2.45, 2.75) is 58.3 Å². The van der Waals surface area contributed by atoms with Crippen LogP contribution in [0.15, 0.2) is 53.7 Å². The van der Waals surface area contributed by atoms with Crippen molar-refractivity contribution in [3.63, 3.8) is 0 Å². The zero-order valence-corrected chi connectivity index (χ0v) is 15.1. The molecule has 2 N–H and O–H groups in total. The van der Waals surface area contributed by atoms with E-state index in [9.17, 15) is 10.3 Å². The van der Waals surface area contributed by atoms with Gasteiger partial charge in [0, 0.05) is 11.1 Å². The smallest absolute Gasteiger partial charge is 0.125 e. The maximum atomic E-state index is 10.2. The van der Waals surface area contributed by atoms with Crippen LogP contribution in [0.3, 0.4) is 0 Å². The average molecular weight is 339 g/mol. The minimum Gasteiger partial charge on any atom is -0.507 e. The normalized spacial score (nSPS) is 11.6. The molecule has 2 aromatic carbocycles. The predicted octanol–water partition coefficient (Wildman–Crippen LogP) is 5.91. The average Bonchev–Trinajstić information content (AvgIpc) is 2.65. The third-order valence-corrected chi connectivity index (χ3v) is 4.53. The molecule has 0 amide bonds. The van der Waals surface area contributed by atoms with Crippen molar-refractivity contribution in [3.05, 3.63) is 65.2 Å². The van der Waals surface area contributed by atoms with Crippen LogP contribution in [0, 0.1) is 0 Å². The van der Waals surface area contributed by atoms with Gasteiger partial charge in [-0.1, -0.05) is 87.0 Å². The number of hydrogen-bond donors (Lipinski definition) is 2. The molecule has 0 heterocycles. The summed E-state index contributed by atoms with van der Waals surface area (Å²) in [6.45, 7) is 2.24. The molecule has 25 heavy (non-hydrogen) atoms. The summed E-state index contributed by atoms with van der Waals surface area (Å²) in [5.74, 6) is 0.139. The lowest BCUT2D eigenvalue weighted by molar-refractivity contribution is 0.319. The van der Waals surface area contributed by atoms with Crippen LogP contribution in [-0.2, 0) is 6.42 Å². The highest BCUT2D eigenvalue weighted by molar-refractivity contribution is 6.14. The Balaban J connectivity index is 1.98. The number of aryl methyl sites for hydroxylation is 1. The molecule has 0 aliphatic rings. The van der Waals surface area contributed by atoms with Crippen LogP contribution in [0.1, 0.15) is 68.6 Å². The third-order valence-electron chi connectivity index (χ3n) is 4.53. The van der Waals surface area contributed by atoms with E-state index < -0.39 is 0 Å². The molecule has 0 aliphatic carbocycles. The van der Waals surface area contributed by atoms with Crippen molar-refractivity contribution >= 4 is 5.71 Å². The van der Waals surface area contributed by atoms with Crippen LogP contribution < -0.4 is 0 Å². The highest BCUT2D eigenvalue weighted by atomic mass is 16.4. The first kappa shape index (κ1) is 19.0. The zero-order valence-electron chi connectivity index (χ0n) is 15.1. The van der Waals surface area contributed by atoms with Gasteiger partial charge in [0.05, 0.1) is 0 Å². The maximum Gasteiger partial charge on any atom is 0.125 e. The van der Waals surface area contributed by atoms with E-state index >= 15 is 0 Å². The summed E-state index contributed by atoms with van der Waals surface area (Å²) in [5.41, 5.74) is 2.93. The lowest BCUT2D eigenvalue weighted by Crippen LogP contribution is -2.04. The summed E-state index contributed by atoms with van der Waals surface area (Å²) >= 11 is 0. The molecular formula is C22H29NO2. The Morgan fingerprint density at radius 2 is 1.56 bits per heavy atom. The fourth-order valence-corrected chi connectivity index (χ4v) is 3.08. The van der Waals surface area contributed by atoms with Gasteiger partial charge >= 0.3 is 0 Å². The van der Waals surface area contributed by atoms with Gasteiger partial charge in [-0.25, -0.2) is 0 Å². The molecule has 0 bridgehead atoms. The highest BCUT2D eigenvalue weighted by Crippen LogP contribution is 2.24. The van der Waals surface area contributed by atoms with Gasteiger partial charge in [-0.15, -0.1) is 0 Å². The van der Waals surface area contributed by atoms with E-state index in [1.807, 2.05) is 42.5 Å². The second-order valence-electron chi connectivity index (χ2n) is 6.54. The number of hydrogen-bond acceptors (Lipinski definition) is 3. The number of phenolic OH excluding ortho intramolecular Hbond substituents is 1. The first-order valence-electron chi connectivity index (χ1n) is 9.36. The number of aromatic hydroxyl groups is 1. The van der Waals surface area contributed by atoms with E-state index in [0.717, 1.165) is 18.4 Å². The number of nitrogens with zero attached hydrogens (tertiary/aromatic N) is 1. The molecule has 134 valence electrons. The van der Waals surface area contributed by atoms with Gasteiger partial charge in [-0.2, -0.15) is 0 Å². The summed E-state index contributed by atoms with van der Waals surface area (Å²) in [7, 11) is 0. The fraction of sp³-hybridized carbons (Fsp3) is 0.409. The molecule has 2 rings (SSSR count). The second kappa shape index (κ2) is 10.5. The van der Waals surface area contributed by atoms with Crippen LogP contribution in [0.2, 0.25) is 0 Å². The van der Waals surface area contributed by atoms with Gasteiger partial charge in [0.15, 0.2) is 0 Å². The van der Waals surface area contributed by atoms with Gasteiger partial charge in [0.2, 0.25) is 0 Å². The second-order valence-corrected chi connectivity index (χ2v) is 6.54. The monoisotopic (exact) mass is 339 g/mol. The molecule has 3 nitrogen and oxygen atoms in total. The topological polar surface area (TPSA) is 52.8 Å². The molecule has 0 spiro atoms. The van der Waals surface area contributed by atoms with Gasteiger partial charge < -0.3 is 10.3 Å². The SMILES string of the molecule is CCCCCCCCCc1ccc(O)c(C(=NO)c2ccccc2)c1. The van der Waals surface area contributed by atoms with Crippen molar-refractivity contribution in [3.8, 4) is 5.75 Å². The Kier molecular flexibility index (Phi) is 8.03. The summed E-state index contributed by atoms with van der Waals surface area (Å²) in [4.78, 5) is 0. The quantitative estimate of drug-likeness (QED) is 0.245. The summed E-state index contributed by atoms with van der Waals surface area (Å²) in [5, 5.41) is 23.1.